The van der Waals surface area contributed by atoms with E-state index in [0.717, 1.165) is 31.4 Å². The van der Waals surface area contributed by atoms with Gasteiger partial charge < -0.3 is 0 Å². The van der Waals surface area contributed by atoms with Crippen LogP contribution in [0.4, 0.5) is 0 Å². The van der Waals surface area contributed by atoms with Gasteiger partial charge >= 0.3 is 0 Å². The molecule has 126 valence electrons. The van der Waals surface area contributed by atoms with E-state index < -0.39 is 0 Å². The molecule has 6 heteroatoms. The van der Waals surface area contributed by atoms with Crippen molar-refractivity contribution in [1.29, 1.82) is 0 Å². The summed E-state index contributed by atoms with van der Waals surface area (Å²) in [6.07, 6.45) is 2.00. The fourth-order valence-corrected chi connectivity index (χ4v) is 4.22. The van der Waals surface area contributed by atoms with Crippen molar-refractivity contribution < 1.29 is 0 Å². The molecule has 2 aromatic heterocycles. The topological polar surface area (TPSA) is 46.8 Å². The summed E-state index contributed by atoms with van der Waals surface area (Å²) in [6.45, 7) is 8.71. The van der Waals surface area contributed by atoms with Crippen molar-refractivity contribution in [2.45, 2.75) is 45.7 Å². The molecule has 0 N–H and O–H groups in total. The summed E-state index contributed by atoms with van der Waals surface area (Å²) < 4.78 is 3.35. The molecule has 1 unspecified atom stereocenters. The second kappa shape index (κ2) is 6.26. The first-order valence-corrected chi connectivity index (χ1v) is 9.51. The fourth-order valence-electron chi connectivity index (χ4n) is 3.56. The van der Waals surface area contributed by atoms with Gasteiger partial charge in [0, 0.05) is 38.0 Å². The van der Waals surface area contributed by atoms with E-state index in [9.17, 15) is 0 Å². The highest BCUT2D eigenvalue weighted by Crippen LogP contribution is 2.27. The summed E-state index contributed by atoms with van der Waals surface area (Å²) in [7, 11) is 0. The molecule has 0 radical (unpaired) electrons. The molecule has 0 fully saturated rings. The van der Waals surface area contributed by atoms with Crippen LogP contribution in [0.5, 0.6) is 0 Å². The molecule has 1 aliphatic heterocycles. The van der Waals surface area contributed by atoms with E-state index in [4.69, 9.17) is 0 Å². The van der Waals surface area contributed by atoms with Crippen LogP contribution in [0.3, 0.4) is 0 Å². The number of fused-ring (bicyclic) bond motifs is 2. The Morgan fingerprint density at radius 1 is 1.12 bits per heavy atom. The molecule has 3 aromatic rings. The highest BCUT2D eigenvalue weighted by molar-refractivity contribution is 7.16. The predicted octanol–water partition coefficient (Wildman–Crippen LogP) is 3.63. The monoisotopic (exact) mass is 341 g/mol. The maximum Gasteiger partial charge on any atom is 0.0872 e. The molecule has 1 atom stereocenters. The van der Waals surface area contributed by atoms with Gasteiger partial charge in [0.15, 0.2) is 0 Å². The van der Waals surface area contributed by atoms with Crippen LogP contribution in [0.25, 0.3) is 10.2 Å². The highest BCUT2D eigenvalue weighted by atomic mass is 32.1. The zero-order chi connectivity index (χ0) is 16.7. The van der Waals surface area contributed by atoms with Gasteiger partial charge in [-0.3, -0.25) is 4.90 Å². The molecule has 1 aromatic carbocycles. The minimum absolute atomic E-state index is 0.372. The number of thiazole rings is 1. The molecule has 1 aliphatic rings. The van der Waals surface area contributed by atoms with Crippen LogP contribution >= 0.6 is 11.3 Å². The first-order valence-electron chi connectivity index (χ1n) is 8.63. The second-order valence-electron chi connectivity index (χ2n) is 6.81. The van der Waals surface area contributed by atoms with Crippen molar-refractivity contribution >= 4 is 21.6 Å². The number of hydrogen-bond donors (Lipinski definition) is 0. The first kappa shape index (κ1) is 15.7. The molecule has 0 amide bonds. The lowest BCUT2D eigenvalue weighted by Crippen LogP contribution is -2.30. The Morgan fingerprint density at radius 2 is 1.96 bits per heavy atom. The molecule has 0 aliphatic carbocycles. The number of nitrogens with zero attached hydrogens (tertiary/aromatic N) is 5. The van der Waals surface area contributed by atoms with Gasteiger partial charge in [-0.25, -0.2) is 9.67 Å². The lowest BCUT2D eigenvalue weighted by atomic mass is 10.1. The Balaban J connectivity index is 1.55. The summed E-state index contributed by atoms with van der Waals surface area (Å²) in [6, 6.07) is 7.45. The van der Waals surface area contributed by atoms with E-state index in [1.165, 1.54) is 21.7 Å². The van der Waals surface area contributed by atoms with Crippen LogP contribution in [0.2, 0.25) is 0 Å². The van der Waals surface area contributed by atoms with Crippen LogP contribution in [0, 0.1) is 0 Å². The average molecular weight is 341 g/mol. The van der Waals surface area contributed by atoms with Crippen molar-refractivity contribution in [3.8, 4) is 0 Å². The SMILES string of the molecule is CC(c1ccc2scnc2c1)N1CCc2nnn(C(C)C)c2CC1. The lowest BCUT2D eigenvalue weighted by molar-refractivity contribution is 0.219. The second-order valence-corrected chi connectivity index (χ2v) is 7.70. The maximum absolute atomic E-state index is 4.46. The van der Waals surface area contributed by atoms with Crippen molar-refractivity contribution in [3.63, 3.8) is 0 Å². The summed E-state index contributed by atoms with van der Waals surface area (Å²) in [5.41, 5.74) is 6.87. The van der Waals surface area contributed by atoms with E-state index >= 15 is 0 Å². The molecule has 0 bridgehead atoms. The van der Waals surface area contributed by atoms with Crippen molar-refractivity contribution in [2.75, 3.05) is 13.1 Å². The Hall–Kier alpha value is -1.79. The number of rotatable bonds is 3. The van der Waals surface area contributed by atoms with Crippen LogP contribution in [-0.2, 0) is 12.8 Å². The van der Waals surface area contributed by atoms with E-state index in [1.807, 2.05) is 5.51 Å². The van der Waals surface area contributed by atoms with Gasteiger partial charge in [0.25, 0.3) is 0 Å². The quantitative estimate of drug-likeness (QED) is 0.730. The Bertz CT molecular complexity index is 850. The highest BCUT2D eigenvalue weighted by Gasteiger charge is 2.24. The van der Waals surface area contributed by atoms with Crippen molar-refractivity contribution in [3.05, 3.63) is 40.7 Å². The smallest absolute Gasteiger partial charge is 0.0872 e. The zero-order valence-electron chi connectivity index (χ0n) is 14.4. The normalized spacial score (nSPS) is 17.2. The number of benzene rings is 1. The molecule has 3 heterocycles. The van der Waals surface area contributed by atoms with E-state index in [0.29, 0.717) is 12.1 Å². The Kier molecular flexibility index (Phi) is 4.10. The van der Waals surface area contributed by atoms with E-state index in [-0.39, 0.29) is 0 Å². The third kappa shape index (κ3) is 2.74. The van der Waals surface area contributed by atoms with Crippen LogP contribution in [-0.4, -0.2) is 38.0 Å². The largest absolute Gasteiger partial charge is 0.296 e. The molecule has 5 nitrogen and oxygen atoms in total. The predicted molar refractivity (Wildman–Crippen MR) is 97.4 cm³/mol. The fraction of sp³-hybridized carbons (Fsp3) is 0.500. The lowest BCUT2D eigenvalue weighted by Gasteiger charge is -2.28. The summed E-state index contributed by atoms with van der Waals surface area (Å²) in [4.78, 5) is 7.01. The van der Waals surface area contributed by atoms with Gasteiger partial charge in [-0.2, -0.15) is 0 Å². The van der Waals surface area contributed by atoms with Gasteiger partial charge in [0.1, 0.15) is 0 Å². The molecule has 0 saturated heterocycles. The third-order valence-electron chi connectivity index (χ3n) is 5.02. The standard InChI is InChI=1S/C18H23N5S/c1-12(2)23-17-7-9-22(8-6-15(17)20-21-23)13(3)14-4-5-18-16(10-14)19-11-24-18/h4-5,10-13H,6-9H2,1-3H3. The minimum Gasteiger partial charge on any atom is -0.296 e. The van der Waals surface area contributed by atoms with Gasteiger partial charge in [-0.15, -0.1) is 16.4 Å². The summed E-state index contributed by atoms with van der Waals surface area (Å²) in [5.74, 6) is 0. The van der Waals surface area contributed by atoms with Gasteiger partial charge in [-0.05, 0) is 38.5 Å². The molecular weight excluding hydrogens is 318 g/mol. The number of hydrogen-bond acceptors (Lipinski definition) is 5. The van der Waals surface area contributed by atoms with E-state index in [2.05, 4.69) is 63.8 Å². The summed E-state index contributed by atoms with van der Waals surface area (Å²) in [5, 5.41) is 8.75. The first-order chi connectivity index (χ1) is 11.6. The van der Waals surface area contributed by atoms with Crippen LogP contribution in [0.15, 0.2) is 23.7 Å². The van der Waals surface area contributed by atoms with Gasteiger partial charge in [0.2, 0.25) is 0 Å². The van der Waals surface area contributed by atoms with Gasteiger partial charge in [-0.1, -0.05) is 11.3 Å². The molecular formula is C18H23N5S. The van der Waals surface area contributed by atoms with Crippen LogP contribution < -0.4 is 0 Å². The number of aromatic nitrogens is 4. The van der Waals surface area contributed by atoms with Gasteiger partial charge in [0.05, 0.1) is 27.1 Å². The average Bonchev–Trinajstić information content (AvgIpc) is 3.15. The molecule has 0 saturated carbocycles. The molecule has 0 spiro atoms. The maximum atomic E-state index is 4.46. The summed E-state index contributed by atoms with van der Waals surface area (Å²) >= 11 is 1.70. The van der Waals surface area contributed by atoms with Crippen molar-refractivity contribution in [1.82, 2.24) is 24.9 Å². The Morgan fingerprint density at radius 3 is 2.79 bits per heavy atom. The molecule has 4 rings (SSSR count). The molecule has 24 heavy (non-hydrogen) atoms. The van der Waals surface area contributed by atoms with E-state index in [1.54, 1.807) is 11.3 Å². The minimum atomic E-state index is 0.372. The van der Waals surface area contributed by atoms with Crippen molar-refractivity contribution in [2.24, 2.45) is 0 Å². The third-order valence-corrected chi connectivity index (χ3v) is 5.83. The zero-order valence-corrected chi connectivity index (χ0v) is 15.3. The Labute approximate surface area is 146 Å². The van der Waals surface area contributed by atoms with Crippen LogP contribution in [0.1, 0.15) is 49.8 Å².